The molecule has 6 heteroatoms. The molecule has 1 saturated heterocycles. The van der Waals surface area contributed by atoms with Gasteiger partial charge in [0.05, 0.1) is 13.2 Å². The highest BCUT2D eigenvalue weighted by Crippen LogP contribution is 2.30. The Morgan fingerprint density at radius 1 is 1.16 bits per heavy atom. The second-order valence-electron chi connectivity index (χ2n) is 7.09. The van der Waals surface area contributed by atoms with Crippen molar-refractivity contribution in [1.82, 2.24) is 14.9 Å². The molecule has 0 radical (unpaired) electrons. The highest BCUT2D eigenvalue weighted by atomic mass is 16.5. The maximum absolute atomic E-state index is 12.6. The van der Waals surface area contributed by atoms with Gasteiger partial charge in [0.15, 0.2) is 0 Å². The van der Waals surface area contributed by atoms with Crippen LogP contribution in [0.5, 0.6) is 0 Å². The molecule has 1 amide bonds. The second-order valence-corrected chi connectivity index (χ2v) is 7.09. The first-order chi connectivity index (χ1) is 11.9. The van der Waals surface area contributed by atoms with Gasteiger partial charge in [0, 0.05) is 25.0 Å². The fourth-order valence-electron chi connectivity index (χ4n) is 2.83. The maximum Gasteiger partial charge on any atom is 0.272 e. The lowest BCUT2D eigenvalue weighted by Crippen LogP contribution is -2.41. The van der Waals surface area contributed by atoms with Crippen LogP contribution in [-0.2, 0) is 10.2 Å². The van der Waals surface area contributed by atoms with E-state index >= 15 is 0 Å². The molecule has 1 aliphatic rings. The molecule has 1 N–H and O–H groups in total. The summed E-state index contributed by atoms with van der Waals surface area (Å²) in [5.74, 6) is 0.341. The number of hydrogen-bond donors (Lipinski definition) is 1. The van der Waals surface area contributed by atoms with E-state index in [-0.39, 0.29) is 11.3 Å². The van der Waals surface area contributed by atoms with Crippen LogP contribution in [0.3, 0.4) is 0 Å². The highest BCUT2D eigenvalue weighted by Gasteiger charge is 2.21. The van der Waals surface area contributed by atoms with Crippen molar-refractivity contribution >= 4 is 17.5 Å². The van der Waals surface area contributed by atoms with E-state index in [2.05, 4.69) is 42.1 Å². The monoisotopic (exact) mass is 340 g/mol. The molecule has 0 unspecified atom stereocenters. The average Bonchev–Trinajstić information content (AvgIpc) is 2.62. The molecule has 25 heavy (non-hydrogen) atoms. The molecule has 3 rings (SSSR count). The summed E-state index contributed by atoms with van der Waals surface area (Å²) in [5.41, 5.74) is 2.51. The summed E-state index contributed by atoms with van der Waals surface area (Å²) in [6.07, 6.45) is 1.61. The van der Waals surface area contributed by atoms with E-state index in [0.717, 1.165) is 5.69 Å². The lowest BCUT2D eigenvalue weighted by atomic mass is 9.86. The zero-order valence-electron chi connectivity index (χ0n) is 15.0. The lowest BCUT2D eigenvalue weighted by molar-refractivity contribution is 0.0299. The topological polar surface area (TPSA) is 67.4 Å². The summed E-state index contributed by atoms with van der Waals surface area (Å²) in [5, 5.41) is 3.26. The third-order valence-corrected chi connectivity index (χ3v) is 4.15. The molecule has 0 spiro atoms. The number of carbonyl (C=O) groups excluding carboxylic acids is 1. The smallest absolute Gasteiger partial charge is 0.272 e. The Balaban J connectivity index is 1.82. The SMILES string of the molecule is CC(C)(C)c1ccccc1Nc1nccc(C(=O)N2CCOCC2)n1. The molecule has 1 aliphatic heterocycles. The van der Waals surface area contributed by atoms with Gasteiger partial charge in [-0.2, -0.15) is 0 Å². The van der Waals surface area contributed by atoms with Crippen molar-refractivity contribution in [2.24, 2.45) is 0 Å². The average molecular weight is 340 g/mol. The van der Waals surface area contributed by atoms with Gasteiger partial charge < -0.3 is 15.0 Å². The first-order valence-corrected chi connectivity index (χ1v) is 8.52. The molecule has 2 heterocycles. The van der Waals surface area contributed by atoms with Crippen LogP contribution in [0.15, 0.2) is 36.5 Å². The molecule has 0 atom stereocenters. The van der Waals surface area contributed by atoms with Gasteiger partial charge >= 0.3 is 0 Å². The van der Waals surface area contributed by atoms with Gasteiger partial charge in [0.1, 0.15) is 5.69 Å². The van der Waals surface area contributed by atoms with Crippen molar-refractivity contribution < 1.29 is 9.53 Å². The number of nitrogens with zero attached hydrogens (tertiary/aromatic N) is 3. The first kappa shape index (κ1) is 17.4. The molecule has 0 aliphatic carbocycles. The Hall–Kier alpha value is -2.47. The molecule has 1 fully saturated rings. The molecular weight excluding hydrogens is 316 g/mol. The third kappa shape index (κ3) is 4.14. The molecule has 132 valence electrons. The number of rotatable bonds is 3. The highest BCUT2D eigenvalue weighted by molar-refractivity contribution is 5.92. The number of aromatic nitrogens is 2. The minimum Gasteiger partial charge on any atom is -0.378 e. The Morgan fingerprint density at radius 3 is 2.60 bits per heavy atom. The van der Waals surface area contributed by atoms with Gasteiger partial charge in [-0.25, -0.2) is 9.97 Å². The molecular formula is C19H24N4O2. The quantitative estimate of drug-likeness (QED) is 0.930. The van der Waals surface area contributed by atoms with Crippen molar-refractivity contribution in [3.63, 3.8) is 0 Å². The van der Waals surface area contributed by atoms with Gasteiger partial charge in [0.25, 0.3) is 5.91 Å². The van der Waals surface area contributed by atoms with Crippen LogP contribution in [-0.4, -0.2) is 47.1 Å². The first-order valence-electron chi connectivity index (χ1n) is 8.52. The predicted molar refractivity (Wildman–Crippen MR) is 97.2 cm³/mol. The van der Waals surface area contributed by atoms with Crippen LogP contribution in [0.4, 0.5) is 11.6 Å². The number of amides is 1. The minimum absolute atomic E-state index is 0.00910. The molecule has 0 saturated carbocycles. The van der Waals surface area contributed by atoms with E-state index in [1.807, 2.05) is 18.2 Å². The fourth-order valence-corrected chi connectivity index (χ4v) is 2.83. The van der Waals surface area contributed by atoms with Gasteiger partial charge in [-0.05, 0) is 23.1 Å². The molecule has 1 aromatic carbocycles. The van der Waals surface area contributed by atoms with Crippen molar-refractivity contribution in [2.75, 3.05) is 31.6 Å². The fraction of sp³-hybridized carbons (Fsp3) is 0.421. The molecule has 0 bridgehead atoms. The lowest BCUT2D eigenvalue weighted by Gasteiger charge is -2.26. The number of para-hydroxylation sites is 1. The number of benzene rings is 1. The van der Waals surface area contributed by atoms with Crippen LogP contribution < -0.4 is 5.32 Å². The largest absolute Gasteiger partial charge is 0.378 e. The normalized spacial score (nSPS) is 15.1. The summed E-state index contributed by atoms with van der Waals surface area (Å²) in [4.78, 5) is 23.0. The van der Waals surface area contributed by atoms with E-state index in [4.69, 9.17) is 4.74 Å². The van der Waals surface area contributed by atoms with E-state index < -0.39 is 0 Å². The number of anilines is 2. The summed E-state index contributed by atoms with van der Waals surface area (Å²) in [6.45, 7) is 8.81. The van der Waals surface area contributed by atoms with Crippen molar-refractivity contribution in [3.8, 4) is 0 Å². The van der Waals surface area contributed by atoms with E-state index in [1.54, 1.807) is 17.2 Å². The maximum atomic E-state index is 12.6. The standard InChI is InChI=1S/C19H24N4O2/c1-19(2,3)14-6-4-5-7-15(14)21-18-20-9-8-16(22-18)17(24)23-10-12-25-13-11-23/h4-9H,10-13H2,1-3H3,(H,20,21,22). The Bertz CT molecular complexity index is 749. The van der Waals surface area contributed by atoms with Crippen molar-refractivity contribution in [2.45, 2.75) is 26.2 Å². The summed E-state index contributed by atoms with van der Waals surface area (Å²) in [6, 6.07) is 9.73. The van der Waals surface area contributed by atoms with Crippen LogP contribution in [0.25, 0.3) is 0 Å². The van der Waals surface area contributed by atoms with Crippen LogP contribution in [0, 0.1) is 0 Å². The van der Waals surface area contributed by atoms with Gasteiger partial charge in [-0.1, -0.05) is 39.0 Å². The number of hydrogen-bond acceptors (Lipinski definition) is 5. The van der Waals surface area contributed by atoms with E-state index in [1.165, 1.54) is 5.56 Å². The number of ether oxygens (including phenoxy) is 1. The number of morpholine rings is 1. The predicted octanol–water partition coefficient (Wildman–Crippen LogP) is 2.99. The van der Waals surface area contributed by atoms with Crippen molar-refractivity contribution in [1.29, 1.82) is 0 Å². The molecule has 2 aromatic rings. The third-order valence-electron chi connectivity index (χ3n) is 4.15. The van der Waals surface area contributed by atoms with E-state index in [9.17, 15) is 4.79 Å². The van der Waals surface area contributed by atoms with Gasteiger partial charge in [0.2, 0.25) is 5.95 Å². The zero-order valence-corrected chi connectivity index (χ0v) is 15.0. The number of nitrogens with one attached hydrogen (secondary N) is 1. The Morgan fingerprint density at radius 2 is 1.88 bits per heavy atom. The summed E-state index contributed by atoms with van der Waals surface area (Å²) < 4.78 is 5.29. The Kier molecular flexibility index (Phi) is 4.99. The van der Waals surface area contributed by atoms with Gasteiger partial charge in [-0.15, -0.1) is 0 Å². The van der Waals surface area contributed by atoms with Crippen LogP contribution >= 0.6 is 0 Å². The van der Waals surface area contributed by atoms with E-state index in [0.29, 0.717) is 37.9 Å². The van der Waals surface area contributed by atoms with Crippen LogP contribution in [0.1, 0.15) is 36.8 Å². The van der Waals surface area contributed by atoms with Crippen molar-refractivity contribution in [3.05, 3.63) is 47.8 Å². The van der Waals surface area contributed by atoms with Gasteiger partial charge in [-0.3, -0.25) is 4.79 Å². The minimum atomic E-state index is -0.0853. The second kappa shape index (κ2) is 7.19. The summed E-state index contributed by atoms with van der Waals surface area (Å²) >= 11 is 0. The molecule has 1 aromatic heterocycles. The number of carbonyl (C=O) groups is 1. The summed E-state index contributed by atoms with van der Waals surface area (Å²) in [7, 11) is 0. The van der Waals surface area contributed by atoms with Crippen LogP contribution in [0.2, 0.25) is 0 Å². The molecule has 6 nitrogen and oxygen atoms in total. The Labute approximate surface area is 148 Å². The zero-order chi connectivity index (χ0) is 17.9.